The molecule has 0 fully saturated rings. The van der Waals surface area contributed by atoms with Gasteiger partial charge in [0.1, 0.15) is 5.82 Å². The normalized spacial score (nSPS) is 12.0. The van der Waals surface area contributed by atoms with Crippen LogP contribution in [-0.2, 0) is 11.8 Å². The van der Waals surface area contributed by atoms with Crippen molar-refractivity contribution in [3.63, 3.8) is 0 Å². The summed E-state index contributed by atoms with van der Waals surface area (Å²) in [6.07, 6.45) is 0. The number of nitrogens with one attached hydrogen (secondary N) is 1. The van der Waals surface area contributed by atoms with Crippen LogP contribution in [0.5, 0.6) is 0 Å². The van der Waals surface area contributed by atoms with Crippen molar-refractivity contribution in [2.45, 2.75) is 24.3 Å². The van der Waals surface area contributed by atoms with Gasteiger partial charge in [-0.15, -0.1) is 10.2 Å². The Balaban J connectivity index is 1.73. The van der Waals surface area contributed by atoms with Gasteiger partial charge in [0.25, 0.3) is 0 Å². The number of hydrogen-bond donors (Lipinski definition) is 1. The van der Waals surface area contributed by atoms with Gasteiger partial charge in [0.05, 0.1) is 10.9 Å². The topological polar surface area (TPSA) is 59.8 Å². The molecule has 27 heavy (non-hydrogen) atoms. The van der Waals surface area contributed by atoms with E-state index >= 15 is 0 Å². The number of carbonyl (C=O) groups excluding carboxylic acids is 1. The van der Waals surface area contributed by atoms with Crippen LogP contribution in [0.1, 0.15) is 12.5 Å². The van der Waals surface area contributed by atoms with Gasteiger partial charge in [-0.05, 0) is 37.6 Å². The second kappa shape index (κ2) is 8.10. The van der Waals surface area contributed by atoms with Crippen LogP contribution in [0.4, 0.5) is 10.1 Å². The van der Waals surface area contributed by atoms with E-state index in [2.05, 4.69) is 15.5 Å². The van der Waals surface area contributed by atoms with E-state index in [9.17, 15) is 9.18 Å². The molecule has 1 atom stereocenters. The molecule has 140 valence electrons. The molecule has 8 heteroatoms. The smallest absolute Gasteiger partial charge is 0.237 e. The largest absolute Gasteiger partial charge is 0.323 e. The van der Waals surface area contributed by atoms with Crippen molar-refractivity contribution in [3.8, 4) is 11.4 Å². The summed E-state index contributed by atoms with van der Waals surface area (Å²) in [5.74, 6) is -0.179. The van der Waals surface area contributed by atoms with Crippen LogP contribution >= 0.6 is 23.4 Å². The lowest BCUT2D eigenvalue weighted by Crippen LogP contribution is -2.23. The minimum atomic E-state index is -0.575. The zero-order valence-corrected chi connectivity index (χ0v) is 16.6. The number of benzene rings is 2. The van der Waals surface area contributed by atoms with Gasteiger partial charge in [0.15, 0.2) is 11.0 Å². The van der Waals surface area contributed by atoms with E-state index in [4.69, 9.17) is 11.6 Å². The standard InChI is InChI=1S/C19H18ClFN4OS/c1-11-6-4-5-7-14(11)17-23-24-19(25(17)3)27-12(2)18(26)22-16-9-8-13(20)10-15(16)21/h4-10,12H,1-3H3,(H,22,26)/t12-/m1/s1. The van der Waals surface area contributed by atoms with E-state index in [1.54, 1.807) is 6.92 Å². The summed E-state index contributed by atoms with van der Waals surface area (Å²) in [6.45, 7) is 3.74. The van der Waals surface area contributed by atoms with Crippen molar-refractivity contribution in [1.29, 1.82) is 0 Å². The summed E-state index contributed by atoms with van der Waals surface area (Å²) >= 11 is 6.99. The molecule has 1 N–H and O–H groups in total. The number of anilines is 1. The SMILES string of the molecule is Cc1ccccc1-c1nnc(S[C@H](C)C(=O)Nc2ccc(Cl)cc2F)n1C. The quantitative estimate of drug-likeness (QED) is 0.626. The molecule has 0 aliphatic rings. The van der Waals surface area contributed by atoms with E-state index in [0.717, 1.165) is 23.0 Å². The van der Waals surface area contributed by atoms with Gasteiger partial charge in [0.2, 0.25) is 5.91 Å². The Morgan fingerprint density at radius 3 is 2.70 bits per heavy atom. The molecular formula is C19H18ClFN4OS. The third kappa shape index (κ3) is 4.31. The van der Waals surface area contributed by atoms with Gasteiger partial charge in [-0.25, -0.2) is 4.39 Å². The van der Waals surface area contributed by atoms with E-state index in [-0.39, 0.29) is 16.6 Å². The number of hydrogen-bond acceptors (Lipinski definition) is 4. The van der Waals surface area contributed by atoms with E-state index in [0.29, 0.717) is 5.16 Å². The molecule has 0 unspecified atom stereocenters. The molecule has 3 rings (SSSR count). The number of nitrogens with zero attached hydrogens (tertiary/aromatic N) is 3. The maximum atomic E-state index is 13.9. The molecule has 0 spiro atoms. The zero-order chi connectivity index (χ0) is 19.6. The third-order valence-electron chi connectivity index (χ3n) is 4.06. The molecule has 0 bridgehead atoms. The van der Waals surface area contributed by atoms with Crippen molar-refractivity contribution >= 4 is 35.0 Å². The predicted octanol–water partition coefficient (Wildman–Crippen LogP) is 4.70. The molecule has 0 aliphatic carbocycles. The Morgan fingerprint density at radius 2 is 2.00 bits per heavy atom. The van der Waals surface area contributed by atoms with Crippen molar-refractivity contribution < 1.29 is 9.18 Å². The molecule has 1 aromatic heterocycles. The fraction of sp³-hybridized carbons (Fsp3) is 0.211. The lowest BCUT2D eigenvalue weighted by molar-refractivity contribution is -0.115. The lowest BCUT2D eigenvalue weighted by atomic mass is 10.1. The number of rotatable bonds is 5. The predicted molar refractivity (Wildman–Crippen MR) is 107 cm³/mol. The Kier molecular flexibility index (Phi) is 5.82. The van der Waals surface area contributed by atoms with Crippen LogP contribution in [0.3, 0.4) is 0 Å². The number of carbonyl (C=O) groups is 1. The number of aryl methyl sites for hydroxylation is 1. The second-order valence-electron chi connectivity index (χ2n) is 6.05. The molecule has 1 amide bonds. The Labute approximate surface area is 166 Å². The molecule has 0 saturated heterocycles. The van der Waals surface area contributed by atoms with Gasteiger partial charge in [-0.2, -0.15) is 0 Å². The Bertz CT molecular complexity index is 992. The van der Waals surface area contributed by atoms with E-state index in [1.807, 2.05) is 42.8 Å². The summed E-state index contributed by atoms with van der Waals surface area (Å²) in [5, 5.41) is 11.4. The van der Waals surface area contributed by atoms with Crippen LogP contribution in [0.25, 0.3) is 11.4 Å². The summed E-state index contributed by atoms with van der Waals surface area (Å²) in [4.78, 5) is 12.4. The highest BCUT2D eigenvalue weighted by Crippen LogP contribution is 2.28. The van der Waals surface area contributed by atoms with Crippen molar-refractivity contribution in [1.82, 2.24) is 14.8 Å². The van der Waals surface area contributed by atoms with Crippen molar-refractivity contribution in [2.24, 2.45) is 7.05 Å². The Hall–Kier alpha value is -2.38. The second-order valence-corrected chi connectivity index (χ2v) is 7.80. The molecule has 0 aliphatic heterocycles. The van der Waals surface area contributed by atoms with E-state index < -0.39 is 11.1 Å². The summed E-state index contributed by atoms with van der Waals surface area (Å²) in [5.41, 5.74) is 2.17. The minimum Gasteiger partial charge on any atom is -0.323 e. The van der Waals surface area contributed by atoms with Gasteiger partial charge in [0, 0.05) is 17.6 Å². The summed E-state index contributed by atoms with van der Waals surface area (Å²) in [7, 11) is 1.85. The molecule has 0 radical (unpaired) electrons. The van der Waals surface area contributed by atoms with Gasteiger partial charge in [-0.3, -0.25) is 4.79 Å². The molecule has 0 saturated carbocycles. The first-order chi connectivity index (χ1) is 12.9. The lowest BCUT2D eigenvalue weighted by Gasteiger charge is -2.12. The molecule has 5 nitrogen and oxygen atoms in total. The number of amides is 1. The van der Waals surface area contributed by atoms with Gasteiger partial charge >= 0.3 is 0 Å². The zero-order valence-electron chi connectivity index (χ0n) is 15.0. The fourth-order valence-electron chi connectivity index (χ4n) is 2.51. The first kappa shape index (κ1) is 19.4. The van der Waals surface area contributed by atoms with Crippen LogP contribution in [0.2, 0.25) is 5.02 Å². The van der Waals surface area contributed by atoms with Crippen LogP contribution in [0, 0.1) is 12.7 Å². The van der Waals surface area contributed by atoms with Crippen molar-refractivity contribution in [3.05, 3.63) is 58.9 Å². The van der Waals surface area contributed by atoms with Crippen LogP contribution in [0.15, 0.2) is 47.6 Å². The van der Waals surface area contributed by atoms with Gasteiger partial charge in [-0.1, -0.05) is 47.6 Å². The first-order valence-electron chi connectivity index (χ1n) is 8.24. The third-order valence-corrected chi connectivity index (χ3v) is 5.43. The van der Waals surface area contributed by atoms with E-state index in [1.165, 1.54) is 23.9 Å². The van der Waals surface area contributed by atoms with Gasteiger partial charge < -0.3 is 9.88 Å². The maximum absolute atomic E-state index is 13.9. The monoisotopic (exact) mass is 404 g/mol. The average molecular weight is 405 g/mol. The molecule has 1 heterocycles. The highest BCUT2D eigenvalue weighted by atomic mass is 35.5. The fourth-order valence-corrected chi connectivity index (χ4v) is 3.49. The highest BCUT2D eigenvalue weighted by molar-refractivity contribution is 8.00. The molecule has 2 aromatic carbocycles. The average Bonchev–Trinajstić information content (AvgIpc) is 2.98. The number of thioether (sulfide) groups is 1. The maximum Gasteiger partial charge on any atom is 0.237 e. The minimum absolute atomic E-state index is 0.0930. The van der Waals surface area contributed by atoms with Crippen LogP contribution in [-0.4, -0.2) is 25.9 Å². The molecule has 3 aromatic rings. The summed E-state index contributed by atoms with van der Waals surface area (Å²) < 4.78 is 15.7. The highest BCUT2D eigenvalue weighted by Gasteiger charge is 2.20. The summed E-state index contributed by atoms with van der Waals surface area (Å²) in [6, 6.07) is 12.0. The number of aromatic nitrogens is 3. The molecular weight excluding hydrogens is 387 g/mol. The van der Waals surface area contributed by atoms with Crippen molar-refractivity contribution in [2.75, 3.05) is 5.32 Å². The van der Waals surface area contributed by atoms with Crippen LogP contribution < -0.4 is 5.32 Å². The number of halogens is 2. The Morgan fingerprint density at radius 1 is 1.26 bits per heavy atom. The first-order valence-corrected chi connectivity index (χ1v) is 9.50.